The van der Waals surface area contributed by atoms with Crippen LogP contribution in [0.2, 0.25) is 0 Å². The van der Waals surface area contributed by atoms with Crippen LogP contribution >= 0.6 is 12.4 Å². The number of pyridine rings is 1. The maximum absolute atomic E-state index is 4.60. The van der Waals surface area contributed by atoms with Crippen LogP contribution in [0.3, 0.4) is 0 Å². The molecule has 6 nitrogen and oxygen atoms in total. The van der Waals surface area contributed by atoms with Gasteiger partial charge >= 0.3 is 0 Å². The van der Waals surface area contributed by atoms with Crippen molar-refractivity contribution in [2.75, 3.05) is 19.6 Å². The average molecular weight is 385 g/mol. The van der Waals surface area contributed by atoms with Gasteiger partial charge in [-0.15, -0.1) is 22.6 Å². The lowest BCUT2D eigenvalue weighted by atomic mass is 9.95. The van der Waals surface area contributed by atoms with Crippen LogP contribution in [0.1, 0.15) is 36.0 Å². The number of fused-ring (bicyclic) bond motifs is 2. The number of benzene rings is 1. The van der Waals surface area contributed by atoms with Gasteiger partial charge < -0.3 is 9.88 Å². The zero-order valence-electron chi connectivity index (χ0n) is 15.3. The van der Waals surface area contributed by atoms with Gasteiger partial charge in [0.2, 0.25) is 0 Å². The first-order chi connectivity index (χ1) is 12.9. The fraction of sp³-hybridized carbons (Fsp3) is 0.450. The van der Waals surface area contributed by atoms with E-state index in [1.807, 2.05) is 12.3 Å². The van der Waals surface area contributed by atoms with E-state index in [9.17, 15) is 0 Å². The molecule has 0 bridgehead atoms. The summed E-state index contributed by atoms with van der Waals surface area (Å²) >= 11 is 0. The van der Waals surface area contributed by atoms with Gasteiger partial charge in [-0.05, 0) is 37.6 Å². The molecule has 0 amide bonds. The summed E-state index contributed by atoms with van der Waals surface area (Å²) in [5.74, 6) is 2.83. The third kappa shape index (κ3) is 3.57. The first-order valence-corrected chi connectivity index (χ1v) is 9.56. The molecular weight excluding hydrogens is 360 g/mol. The SMILES string of the molecule is Cl.c1cnc2c(CN3CCC(c4nnc5n4CCNC5)CC3)cccc2c1. The van der Waals surface area contributed by atoms with Gasteiger partial charge in [-0.25, -0.2) is 0 Å². The minimum atomic E-state index is 0. The lowest BCUT2D eigenvalue weighted by Crippen LogP contribution is -2.34. The van der Waals surface area contributed by atoms with Gasteiger partial charge in [-0.2, -0.15) is 0 Å². The van der Waals surface area contributed by atoms with Crippen LogP contribution in [0.5, 0.6) is 0 Å². The molecule has 7 heteroatoms. The molecule has 1 aromatic carbocycles. The minimum Gasteiger partial charge on any atom is -0.312 e. The van der Waals surface area contributed by atoms with Crippen LogP contribution < -0.4 is 5.32 Å². The van der Waals surface area contributed by atoms with Crippen molar-refractivity contribution in [3.8, 4) is 0 Å². The summed E-state index contributed by atoms with van der Waals surface area (Å²) in [7, 11) is 0. The Morgan fingerprint density at radius 2 is 1.89 bits per heavy atom. The maximum Gasteiger partial charge on any atom is 0.147 e. The number of halogens is 1. The van der Waals surface area contributed by atoms with E-state index in [2.05, 4.69) is 54.2 Å². The molecule has 0 spiro atoms. The lowest BCUT2D eigenvalue weighted by Gasteiger charge is -2.32. The Morgan fingerprint density at radius 1 is 1.04 bits per heavy atom. The molecule has 0 radical (unpaired) electrons. The summed E-state index contributed by atoms with van der Waals surface area (Å²) in [6, 6.07) is 10.6. The Balaban J connectivity index is 0.00000180. The molecule has 2 aliphatic rings. The Kier molecular flexibility index (Phi) is 5.38. The van der Waals surface area contributed by atoms with Gasteiger partial charge in [0.1, 0.15) is 11.6 Å². The van der Waals surface area contributed by atoms with E-state index in [0.717, 1.165) is 63.5 Å². The highest BCUT2D eigenvalue weighted by Crippen LogP contribution is 2.29. The second kappa shape index (κ2) is 7.92. The topological polar surface area (TPSA) is 58.9 Å². The summed E-state index contributed by atoms with van der Waals surface area (Å²) < 4.78 is 2.34. The van der Waals surface area contributed by atoms with E-state index in [-0.39, 0.29) is 12.4 Å². The number of aromatic nitrogens is 4. The third-order valence-corrected chi connectivity index (χ3v) is 5.71. The van der Waals surface area contributed by atoms with E-state index >= 15 is 0 Å². The van der Waals surface area contributed by atoms with Gasteiger partial charge in [0.25, 0.3) is 0 Å². The van der Waals surface area contributed by atoms with Crippen molar-refractivity contribution in [3.63, 3.8) is 0 Å². The highest BCUT2D eigenvalue weighted by Gasteiger charge is 2.27. The molecule has 0 saturated carbocycles. The van der Waals surface area contributed by atoms with E-state index in [4.69, 9.17) is 0 Å². The zero-order valence-corrected chi connectivity index (χ0v) is 16.2. The number of likely N-dealkylation sites (tertiary alicyclic amines) is 1. The van der Waals surface area contributed by atoms with Crippen LogP contribution in [-0.2, 0) is 19.6 Å². The first kappa shape index (κ1) is 18.3. The number of nitrogens with one attached hydrogen (secondary N) is 1. The molecular formula is C20H25ClN6. The van der Waals surface area contributed by atoms with Crippen LogP contribution in [0.25, 0.3) is 10.9 Å². The molecule has 0 aliphatic carbocycles. The molecule has 2 aliphatic heterocycles. The molecule has 4 heterocycles. The number of hydrogen-bond donors (Lipinski definition) is 1. The number of nitrogens with zero attached hydrogens (tertiary/aromatic N) is 5. The summed E-state index contributed by atoms with van der Waals surface area (Å²) in [6.45, 7) is 6.05. The van der Waals surface area contributed by atoms with Gasteiger partial charge in [0.05, 0.1) is 12.1 Å². The van der Waals surface area contributed by atoms with E-state index in [1.54, 1.807) is 0 Å². The Bertz CT molecular complexity index is 910. The van der Waals surface area contributed by atoms with Gasteiger partial charge in [0.15, 0.2) is 0 Å². The van der Waals surface area contributed by atoms with Gasteiger partial charge in [-0.1, -0.05) is 24.3 Å². The van der Waals surface area contributed by atoms with Crippen molar-refractivity contribution >= 4 is 23.3 Å². The smallest absolute Gasteiger partial charge is 0.147 e. The normalized spacial score (nSPS) is 18.2. The summed E-state index contributed by atoms with van der Waals surface area (Å²) in [4.78, 5) is 7.15. The van der Waals surface area contributed by atoms with Gasteiger partial charge in [0, 0.05) is 37.1 Å². The number of hydrogen-bond acceptors (Lipinski definition) is 5. The van der Waals surface area contributed by atoms with Crippen molar-refractivity contribution in [1.29, 1.82) is 0 Å². The molecule has 27 heavy (non-hydrogen) atoms. The van der Waals surface area contributed by atoms with E-state index in [0.29, 0.717) is 5.92 Å². The molecule has 0 atom stereocenters. The minimum absolute atomic E-state index is 0. The molecule has 1 N–H and O–H groups in total. The lowest BCUT2D eigenvalue weighted by molar-refractivity contribution is 0.200. The van der Waals surface area contributed by atoms with Crippen LogP contribution in [0.4, 0.5) is 0 Å². The van der Waals surface area contributed by atoms with Crippen LogP contribution in [-0.4, -0.2) is 44.3 Å². The predicted octanol–water partition coefficient (Wildman–Crippen LogP) is 2.73. The molecule has 3 aromatic rings. The quantitative estimate of drug-likeness (QED) is 0.752. The predicted molar refractivity (Wildman–Crippen MR) is 108 cm³/mol. The van der Waals surface area contributed by atoms with E-state index < -0.39 is 0 Å². The molecule has 142 valence electrons. The molecule has 5 rings (SSSR count). The number of piperidine rings is 1. The highest BCUT2D eigenvalue weighted by atomic mass is 35.5. The maximum atomic E-state index is 4.60. The fourth-order valence-corrected chi connectivity index (χ4v) is 4.30. The zero-order chi connectivity index (χ0) is 17.3. The van der Waals surface area contributed by atoms with Crippen molar-refractivity contribution < 1.29 is 0 Å². The Morgan fingerprint density at radius 3 is 2.78 bits per heavy atom. The Hall–Kier alpha value is -2.02. The number of para-hydroxylation sites is 1. The summed E-state index contributed by atoms with van der Waals surface area (Å²) in [5.41, 5.74) is 2.46. The largest absolute Gasteiger partial charge is 0.312 e. The number of rotatable bonds is 3. The molecule has 1 fully saturated rings. The first-order valence-electron chi connectivity index (χ1n) is 9.56. The van der Waals surface area contributed by atoms with E-state index in [1.165, 1.54) is 16.8 Å². The van der Waals surface area contributed by atoms with Crippen LogP contribution in [0, 0.1) is 0 Å². The van der Waals surface area contributed by atoms with Crippen molar-refractivity contribution in [1.82, 2.24) is 30.0 Å². The van der Waals surface area contributed by atoms with Crippen molar-refractivity contribution in [3.05, 3.63) is 53.7 Å². The second-order valence-corrected chi connectivity index (χ2v) is 7.35. The van der Waals surface area contributed by atoms with Crippen molar-refractivity contribution in [2.45, 2.75) is 38.4 Å². The summed E-state index contributed by atoms with van der Waals surface area (Å²) in [5, 5.41) is 13.5. The molecule has 1 saturated heterocycles. The standard InChI is InChI=1S/C20H24N6.ClH/c1-3-15-5-2-8-22-19(15)17(4-1)14-25-10-6-16(7-11-25)20-24-23-18-13-21-9-12-26(18)20;/h1-5,8,16,21H,6-7,9-14H2;1H. The van der Waals surface area contributed by atoms with Crippen LogP contribution in [0.15, 0.2) is 36.5 Å². The highest BCUT2D eigenvalue weighted by molar-refractivity contribution is 5.85. The second-order valence-electron chi connectivity index (χ2n) is 7.35. The average Bonchev–Trinajstić information content (AvgIpc) is 3.13. The third-order valence-electron chi connectivity index (χ3n) is 5.71. The molecule has 2 aromatic heterocycles. The van der Waals surface area contributed by atoms with Gasteiger partial charge in [-0.3, -0.25) is 9.88 Å². The summed E-state index contributed by atoms with van der Waals surface area (Å²) in [6.07, 6.45) is 4.20. The fourth-order valence-electron chi connectivity index (χ4n) is 4.30. The molecule has 0 unspecified atom stereocenters. The Labute approximate surface area is 165 Å². The monoisotopic (exact) mass is 384 g/mol. The van der Waals surface area contributed by atoms with Crippen molar-refractivity contribution in [2.24, 2.45) is 0 Å².